The summed E-state index contributed by atoms with van der Waals surface area (Å²) in [5.74, 6) is -0.0910. The Labute approximate surface area is 178 Å². The van der Waals surface area contributed by atoms with Crippen molar-refractivity contribution in [2.75, 3.05) is 0 Å². The van der Waals surface area contributed by atoms with E-state index in [4.69, 9.17) is 21.8 Å². The van der Waals surface area contributed by atoms with Crippen molar-refractivity contribution in [2.45, 2.75) is 31.9 Å². The highest BCUT2D eigenvalue weighted by Gasteiger charge is 2.20. The van der Waals surface area contributed by atoms with E-state index in [1.807, 2.05) is 36.4 Å². The van der Waals surface area contributed by atoms with E-state index in [0.717, 1.165) is 16.6 Å². The minimum atomic E-state index is -0.640. The monoisotopic (exact) mass is 424 g/mol. The van der Waals surface area contributed by atoms with E-state index < -0.39 is 12.0 Å². The first-order chi connectivity index (χ1) is 14.4. The highest BCUT2D eigenvalue weighted by Crippen LogP contribution is 2.29. The Morgan fingerprint density at radius 1 is 1.30 bits per heavy atom. The fraction of sp³-hybridized carbons (Fsp3) is 0.227. The van der Waals surface area contributed by atoms with Crippen LogP contribution in [0.25, 0.3) is 22.6 Å². The minimum Gasteiger partial charge on any atom is -0.436 e. The summed E-state index contributed by atoms with van der Waals surface area (Å²) in [5, 5.41) is 10.9. The third kappa shape index (κ3) is 4.08. The number of benzene rings is 2. The van der Waals surface area contributed by atoms with Gasteiger partial charge in [-0.1, -0.05) is 29.8 Å². The minimum absolute atomic E-state index is 0.172. The van der Waals surface area contributed by atoms with Crippen LogP contribution in [0.4, 0.5) is 0 Å². The third-order valence-corrected chi connectivity index (χ3v) is 5.31. The number of imidazole rings is 1. The number of nitrogens with zero attached hydrogens (tertiary/aromatic N) is 3. The molecule has 0 radical (unpaired) electrons. The molecule has 0 saturated carbocycles. The second-order valence-corrected chi connectivity index (χ2v) is 7.65. The summed E-state index contributed by atoms with van der Waals surface area (Å²) in [5.41, 5.74) is 8.74. The van der Waals surface area contributed by atoms with Gasteiger partial charge in [0, 0.05) is 16.8 Å². The second-order valence-electron chi connectivity index (χ2n) is 7.21. The van der Waals surface area contributed by atoms with Crippen LogP contribution in [0.5, 0.6) is 0 Å². The Morgan fingerprint density at radius 3 is 2.80 bits per heavy atom. The Kier molecular flexibility index (Phi) is 5.57. The van der Waals surface area contributed by atoms with Crippen LogP contribution in [0.2, 0.25) is 5.02 Å². The number of amides is 1. The molecule has 8 heteroatoms. The lowest BCUT2D eigenvalue weighted by Crippen LogP contribution is -2.21. The number of aromatic nitrogens is 3. The maximum absolute atomic E-state index is 11.3. The van der Waals surface area contributed by atoms with Crippen LogP contribution in [0, 0.1) is 0 Å². The van der Waals surface area contributed by atoms with Gasteiger partial charge in [0.1, 0.15) is 11.2 Å². The second kappa shape index (κ2) is 8.30. The number of halogens is 1. The SMILES string of the molecule is CC(O)C(CCc1cccc2oc(-c3cccc(Cl)c3)nc12)n1cnc(C(N)=O)c1. The summed E-state index contributed by atoms with van der Waals surface area (Å²) in [4.78, 5) is 20.0. The largest absolute Gasteiger partial charge is 0.436 e. The Morgan fingerprint density at radius 2 is 2.10 bits per heavy atom. The summed E-state index contributed by atoms with van der Waals surface area (Å²) >= 11 is 6.09. The number of aliphatic hydroxyl groups is 1. The molecule has 2 aromatic carbocycles. The predicted octanol–water partition coefficient (Wildman–Crippen LogP) is 4.00. The molecule has 0 spiro atoms. The molecule has 30 heavy (non-hydrogen) atoms. The number of hydrogen-bond acceptors (Lipinski definition) is 5. The van der Waals surface area contributed by atoms with Crippen LogP contribution in [0.1, 0.15) is 35.4 Å². The van der Waals surface area contributed by atoms with Gasteiger partial charge in [-0.25, -0.2) is 9.97 Å². The molecule has 2 unspecified atom stereocenters. The van der Waals surface area contributed by atoms with E-state index >= 15 is 0 Å². The summed E-state index contributed by atoms with van der Waals surface area (Å²) in [6, 6.07) is 12.9. The van der Waals surface area contributed by atoms with Crippen molar-refractivity contribution < 1.29 is 14.3 Å². The molecule has 2 atom stereocenters. The quantitative estimate of drug-likeness (QED) is 0.466. The van der Waals surface area contributed by atoms with Crippen LogP contribution in [0.3, 0.4) is 0 Å². The lowest BCUT2D eigenvalue weighted by Gasteiger charge is -2.21. The van der Waals surface area contributed by atoms with Crippen molar-refractivity contribution in [1.29, 1.82) is 0 Å². The molecule has 4 rings (SSSR count). The van der Waals surface area contributed by atoms with Gasteiger partial charge < -0.3 is 19.8 Å². The molecule has 2 aromatic heterocycles. The molecule has 7 nitrogen and oxygen atoms in total. The van der Waals surface area contributed by atoms with Crippen LogP contribution < -0.4 is 5.73 Å². The molecular weight excluding hydrogens is 404 g/mol. The molecule has 0 saturated heterocycles. The van der Waals surface area contributed by atoms with E-state index in [-0.39, 0.29) is 11.7 Å². The van der Waals surface area contributed by atoms with Crippen molar-refractivity contribution in [2.24, 2.45) is 5.73 Å². The van der Waals surface area contributed by atoms with Crippen LogP contribution in [0.15, 0.2) is 59.4 Å². The van der Waals surface area contributed by atoms with Crippen molar-refractivity contribution in [3.05, 3.63) is 71.3 Å². The average Bonchev–Trinajstić information content (AvgIpc) is 3.36. The number of nitrogens with two attached hydrogens (primary N) is 1. The van der Waals surface area contributed by atoms with E-state index in [1.54, 1.807) is 23.8 Å². The Bertz CT molecular complexity index is 1200. The maximum atomic E-state index is 11.3. The number of carbonyl (C=O) groups is 1. The maximum Gasteiger partial charge on any atom is 0.268 e. The zero-order valence-corrected chi connectivity index (χ0v) is 17.1. The third-order valence-electron chi connectivity index (χ3n) is 5.08. The number of para-hydroxylation sites is 1. The molecule has 0 fully saturated rings. The summed E-state index contributed by atoms with van der Waals surface area (Å²) < 4.78 is 7.66. The molecule has 154 valence electrons. The van der Waals surface area contributed by atoms with E-state index in [0.29, 0.717) is 29.3 Å². The molecule has 4 aromatic rings. The van der Waals surface area contributed by atoms with E-state index in [2.05, 4.69) is 9.97 Å². The van der Waals surface area contributed by atoms with Crippen molar-refractivity contribution >= 4 is 28.6 Å². The van der Waals surface area contributed by atoms with Crippen molar-refractivity contribution in [3.8, 4) is 11.5 Å². The summed E-state index contributed by atoms with van der Waals surface area (Å²) in [6.45, 7) is 1.71. The highest BCUT2D eigenvalue weighted by molar-refractivity contribution is 6.30. The fourth-order valence-corrected chi connectivity index (χ4v) is 3.73. The van der Waals surface area contributed by atoms with Gasteiger partial charge in [0.25, 0.3) is 5.91 Å². The van der Waals surface area contributed by atoms with Gasteiger partial charge >= 0.3 is 0 Å². The van der Waals surface area contributed by atoms with Gasteiger partial charge in [-0.3, -0.25) is 4.79 Å². The topological polar surface area (TPSA) is 107 Å². The molecule has 0 aliphatic rings. The van der Waals surface area contributed by atoms with E-state index in [9.17, 15) is 9.90 Å². The first kappa shape index (κ1) is 20.1. The number of rotatable bonds is 7. The van der Waals surface area contributed by atoms with Crippen molar-refractivity contribution in [3.63, 3.8) is 0 Å². The number of aliphatic hydroxyl groups excluding tert-OH is 1. The molecule has 0 bridgehead atoms. The standard InChI is InChI=1S/C22H21ClN4O3/c1-13(28)18(27-11-17(21(24)29)25-12-27)9-8-14-4-3-7-19-20(14)26-22(30-19)15-5-2-6-16(23)10-15/h2-7,10-13,18,28H,8-9H2,1H3,(H2,24,29). The molecule has 2 heterocycles. The lowest BCUT2D eigenvalue weighted by molar-refractivity contribution is 0.0994. The van der Waals surface area contributed by atoms with Crippen LogP contribution >= 0.6 is 11.6 Å². The van der Waals surface area contributed by atoms with Gasteiger partial charge in [-0.05, 0) is 49.6 Å². The highest BCUT2D eigenvalue weighted by atomic mass is 35.5. The molecule has 3 N–H and O–H groups in total. The van der Waals surface area contributed by atoms with Gasteiger partial charge in [0.05, 0.1) is 18.5 Å². The van der Waals surface area contributed by atoms with Gasteiger partial charge in [-0.2, -0.15) is 0 Å². The van der Waals surface area contributed by atoms with E-state index in [1.165, 1.54) is 6.33 Å². The van der Waals surface area contributed by atoms with Crippen LogP contribution in [-0.2, 0) is 6.42 Å². The number of aryl methyl sites for hydroxylation is 1. The van der Waals surface area contributed by atoms with Gasteiger partial charge in [0.2, 0.25) is 5.89 Å². The first-order valence-electron chi connectivity index (χ1n) is 9.58. The normalized spacial score (nSPS) is 13.4. The number of carbonyl (C=O) groups excluding carboxylic acids is 1. The Hall–Kier alpha value is -3.16. The number of oxazole rings is 1. The van der Waals surface area contributed by atoms with Gasteiger partial charge in [-0.15, -0.1) is 0 Å². The Balaban J connectivity index is 1.60. The van der Waals surface area contributed by atoms with Crippen molar-refractivity contribution in [1.82, 2.24) is 14.5 Å². The predicted molar refractivity (Wildman–Crippen MR) is 114 cm³/mol. The van der Waals surface area contributed by atoms with Gasteiger partial charge in [0.15, 0.2) is 5.58 Å². The molecular formula is C22H21ClN4O3. The number of fused-ring (bicyclic) bond motifs is 1. The number of hydrogen-bond donors (Lipinski definition) is 2. The fourth-order valence-electron chi connectivity index (χ4n) is 3.54. The average molecular weight is 425 g/mol. The summed E-state index contributed by atoms with van der Waals surface area (Å²) in [7, 11) is 0. The van der Waals surface area contributed by atoms with Crippen LogP contribution in [-0.4, -0.2) is 31.7 Å². The number of primary amides is 1. The smallest absolute Gasteiger partial charge is 0.268 e. The zero-order valence-electron chi connectivity index (χ0n) is 16.3. The molecule has 1 amide bonds. The first-order valence-corrected chi connectivity index (χ1v) is 9.96. The summed E-state index contributed by atoms with van der Waals surface area (Å²) in [6.07, 6.45) is 3.71. The lowest BCUT2D eigenvalue weighted by atomic mass is 10.0. The zero-order chi connectivity index (χ0) is 21.3. The molecule has 0 aliphatic carbocycles. The molecule has 0 aliphatic heterocycles.